The SMILES string of the molecule is Cc1nc2c(F)cc(-c3nc(Nc4ccc(CN5CCC(CN6CC7CCC6CN7c6cc7c(cc6F)C(=O)N(C6CCC(=O)NC6=O)C7=O)CC5)cn4)ncc3F)cc2n1C(C)C. The molecule has 0 spiro atoms. The van der Waals surface area contributed by atoms with Gasteiger partial charge in [0.2, 0.25) is 17.8 Å². The van der Waals surface area contributed by atoms with Crippen LogP contribution in [0.4, 0.5) is 30.6 Å². The van der Waals surface area contributed by atoms with Crippen molar-refractivity contribution in [1.29, 1.82) is 0 Å². The zero-order chi connectivity index (χ0) is 44.6. The Morgan fingerprint density at radius 2 is 1.59 bits per heavy atom. The summed E-state index contributed by atoms with van der Waals surface area (Å²) in [5.74, 6) is -2.49. The van der Waals surface area contributed by atoms with Crippen LogP contribution in [-0.4, -0.2) is 114 Å². The van der Waals surface area contributed by atoms with Gasteiger partial charge in [0.05, 0.1) is 28.5 Å². The summed E-state index contributed by atoms with van der Waals surface area (Å²) in [7, 11) is 0. The highest BCUT2D eigenvalue weighted by molar-refractivity contribution is 6.23. The summed E-state index contributed by atoms with van der Waals surface area (Å²) in [6, 6.07) is 8.59. The first kappa shape index (κ1) is 41.7. The summed E-state index contributed by atoms with van der Waals surface area (Å²) in [6.07, 6.45) is 6.91. The lowest BCUT2D eigenvalue weighted by Crippen LogP contribution is -2.63. The maximum Gasteiger partial charge on any atom is 0.262 e. The molecule has 6 aliphatic heterocycles. The number of imide groups is 2. The van der Waals surface area contributed by atoms with Gasteiger partial charge in [-0.1, -0.05) is 6.07 Å². The molecule has 64 heavy (non-hydrogen) atoms. The number of halogens is 3. The number of anilines is 3. The lowest BCUT2D eigenvalue weighted by Gasteiger charge is -2.53. The number of hydrogen-bond donors (Lipinski definition) is 2. The Kier molecular flexibility index (Phi) is 10.7. The molecule has 2 bridgehead atoms. The standard InChI is InChI=1S/C46H48F3N11O4/c1-24(2)59-25(3)52-42-34(48)14-28(15-38(42)59)41-35(49)19-51-46(55-41)53-39-8-4-27(18-50-39)20-56-12-10-26(11-13-56)21-57-22-30-6-5-29(57)23-58(30)37-17-32-31(16-33(37)47)44(63)60(45(32)64)36-7-9-40(61)54-43(36)62/h4,8,14-19,24,26,29-30,36H,5-7,9-13,20-23H2,1-3H3,(H,54,61,62)(H,50,51,53,55). The summed E-state index contributed by atoms with van der Waals surface area (Å²) in [5, 5.41) is 5.25. The number of carbonyl (C=O) groups excluding carboxylic acids is 4. The Labute approximate surface area is 367 Å². The van der Waals surface area contributed by atoms with Gasteiger partial charge in [-0.25, -0.2) is 33.1 Å². The number of aryl methyl sites for hydroxylation is 1. The minimum atomic E-state index is -1.11. The van der Waals surface area contributed by atoms with E-state index in [1.54, 1.807) is 12.3 Å². The fourth-order valence-electron chi connectivity index (χ4n) is 10.4. The van der Waals surface area contributed by atoms with E-state index in [4.69, 9.17) is 0 Å². The number of likely N-dealkylation sites (tertiary alicyclic amines) is 1. The molecule has 5 saturated heterocycles. The number of pyridine rings is 1. The van der Waals surface area contributed by atoms with Crippen LogP contribution < -0.4 is 15.5 Å². The second kappa shape index (κ2) is 16.4. The van der Waals surface area contributed by atoms with Gasteiger partial charge in [0.25, 0.3) is 11.8 Å². The van der Waals surface area contributed by atoms with Crippen molar-refractivity contribution in [2.75, 3.05) is 42.9 Å². The molecule has 15 nitrogen and oxygen atoms in total. The minimum absolute atomic E-state index is 0.0143. The molecule has 3 aromatic heterocycles. The summed E-state index contributed by atoms with van der Waals surface area (Å²) in [6.45, 7) is 10.8. The molecule has 0 radical (unpaired) electrons. The van der Waals surface area contributed by atoms with Crippen molar-refractivity contribution in [3.05, 3.63) is 88.8 Å². The highest BCUT2D eigenvalue weighted by atomic mass is 19.1. The third-order valence-corrected chi connectivity index (χ3v) is 13.6. The third kappa shape index (κ3) is 7.55. The average Bonchev–Trinajstić information content (AvgIpc) is 3.74. The van der Waals surface area contributed by atoms with Gasteiger partial charge in [0.1, 0.15) is 34.7 Å². The number of aromatic nitrogens is 5. The van der Waals surface area contributed by atoms with Crippen molar-refractivity contribution in [3.8, 4) is 11.3 Å². The first-order valence-electron chi connectivity index (χ1n) is 22.0. The second-order valence-electron chi connectivity index (χ2n) is 18.0. The van der Waals surface area contributed by atoms with E-state index in [0.717, 1.165) is 81.1 Å². The smallest absolute Gasteiger partial charge is 0.262 e. The lowest BCUT2D eigenvalue weighted by molar-refractivity contribution is -0.136. The summed E-state index contributed by atoms with van der Waals surface area (Å²) in [5.41, 5.74) is 2.43. The quantitative estimate of drug-likeness (QED) is 0.160. The molecule has 3 atom stereocenters. The van der Waals surface area contributed by atoms with Crippen LogP contribution >= 0.6 is 0 Å². The molecular formula is C46H48F3N11O4. The Hall–Kier alpha value is -6.27. The molecule has 18 heteroatoms. The third-order valence-electron chi connectivity index (χ3n) is 13.6. The first-order valence-corrected chi connectivity index (χ1v) is 22.0. The topological polar surface area (TPSA) is 162 Å². The van der Waals surface area contributed by atoms with E-state index >= 15 is 13.2 Å². The van der Waals surface area contributed by atoms with Crippen molar-refractivity contribution in [2.45, 2.75) is 90.0 Å². The van der Waals surface area contributed by atoms with Gasteiger partial charge in [0, 0.05) is 62.5 Å². The molecule has 0 saturated carbocycles. The molecule has 9 heterocycles. The number of nitrogens with one attached hydrogen (secondary N) is 2. The number of imidazole rings is 1. The van der Waals surface area contributed by atoms with Crippen LogP contribution in [0.25, 0.3) is 22.3 Å². The van der Waals surface area contributed by atoms with Gasteiger partial charge in [-0.05, 0) is 108 Å². The Bertz CT molecular complexity index is 2720. The molecule has 332 valence electrons. The highest BCUT2D eigenvalue weighted by Crippen LogP contribution is 2.39. The van der Waals surface area contributed by atoms with Gasteiger partial charge in [-0.15, -0.1) is 0 Å². The summed E-state index contributed by atoms with van der Waals surface area (Å²) >= 11 is 0. The van der Waals surface area contributed by atoms with Crippen LogP contribution in [0.3, 0.4) is 0 Å². The molecule has 4 amide bonds. The number of amides is 4. The minimum Gasteiger partial charge on any atom is -0.363 e. The molecule has 0 aliphatic carbocycles. The number of rotatable bonds is 10. The fraction of sp³-hybridized carbons (Fsp3) is 0.435. The molecule has 5 aromatic rings. The van der Waals surface area contributed by atoms with Gasteiger partial charge < -0.3 is 14.8 Å². The van der Waals surface area contributed by atoms with Crippen molar-refractivity contribution >= 4 is 52.1 Å². The Morgan fingerprint density at radius 3 is 2.30 bits per heavy atom. The van der Waals surface area contributed by atoms with Gasteiger partial charge in [-0.2, -0.15) is 0 Å². The van der Waals surface area contributed by atoms with E-state index < -0.39 is 47.1 Å². The maximum atomic E-state index is 15.8. The van der Waals surface area contributed by atoms with Crippen LogP contribution in [-0.2, 0) is 16.1 Å². The zero-order valence-corrected chi connectivity index (χ0v) is 35.8. The number of piperazine rings is 1. The number of fused-ring (bicyclic) bond motifs is 5. The summed E-state index contributed by atoms with van der Waals surface area (Å²) < 4.78 is 47.9. The van der Waals surface area contributed by atoms with E-state index in [1.165, 1.54) is 12.1 Å². The van der Waals surface area contributed by atoms with E-state index in [9.17, 15) is 19.2 Å². The number of carbonyl (C=O) groups is 4. The molecule has 3 unspecified atom stereocenters. The first-order chi connectivity index (χ1) is 30.8. The monoisotopic (exact) mass is 875 g/mol. The van der Waals surface area contributed by atoms with E-state index in [2.05, 4.69) is 40.4 Å². The second-order valence-corrected chi connectivity index (χ2v) is 18.0. The predicted octanol–water partition coefficient (Wildman–Crippen LogP) is 5.90. The van der Waals surface area contributed by atoms with E-state index in [1.807, 2.05) is 42.4 Å². The van der Waals surface area contributed by atoms with Gasteiger partial charge in [0.15, 0.2) is 11.6 Å². The van der Waals surface area contributed by atoms with Crippen LogP contribution in [0.2, 0.25) is 0 Å². The zero-order valence-electron chi connectivity index (χ0n) is 35.8. The van der Waals surface area contributed by atoms with Crippen LogP contribution in [0, 0.1) is 30.3 Å². The van der Waals surface area contributed by atoms with E-state index in [0.29, 0.717) is 35.3 Å². The number of benzene rings is 2. The number of nitrogens with zero attached hydrogens (tertiary/aromatic N) is 9. The average molecular weight is 876 g/mol. The molecule has 6 aliphatic rings. The molecule has 5 fully saturated rings. The molecule has 11 rings (SSSR count). The van der Waals surface area contributed by atoms with Crippen LogP contribution in [0.5, 0.6) is 0 Å². The summed E-state index contributed by atoms with van der Waals surface area (Å²) in [4.78, 5) is 76.3. The largest absolute Gasteiger partial charge is 0.363 e. The fourth-order valence-corrected chi connectivity index (χ4v) is 10.4. The number of hydrogen-bond acceptors (Lipinski definition) is 12. The Morgan fingerprint density at radius 1 is 0.828 bits per heavy atom. The predicted molar refractivity (Wildman–Crippen MR) is 230 cm³/mol. The normalized spacial score (nSPS) is 22.0. The van der Waals surface area contributed by atoms with Gasteiger partial charge in [-0.3, -0.25) is 39.2 Å². The van der Waals surface area contributed by atoms with Gasteiger partial charge >= 0.3 is 0 Å². The van der Waals surface area contributed by atoms with Crippen molar-refractivity contribution in [3.63, 3.8) is 0 Å². The van der Waals surface area contributed by atoms with E-state index in [-0.39, 0.29) is 64.8 Å². The maximum absolute atomic E-state index is 15.8. The Balaban J connectivity index is 0.725. The molecule has 2 aromatic carbocycles. The molecule has 2 N–H and O–H groups in total. The molecular weight excluding hydrogens is 828 g/mol. The highest BCUT2D eigenvalue weighted by Gasteiger charge is 2.47. The van der Waals surface area contributed by atoms with Crippen molar-refractivity contribution in [2.24, 2.45) is 5.92 Å². The van der Waals surface area contributed by atoms with Crippen LogP contribution in [0.1, 0.15) is 90.5 Å². The van der Waals surface area contributed by atoms with Crippen molar-refractivity contribution < 1.29 is 32.3 Å². The lowest BCUT2D eigenvalue weighted by atomic mass is 9.87. The number of piperidine rings is 4. The van der Waals surface area contributed by atoms with Crippen molar-refractivity contribution in [1.82, 2.24) is 44.5 Å². The van der Waals surface area contributed by atoms with Crippen LogP contribution in [0.15, 0.2) is 48.8 Å².